The Labute approximate surface area is 230 Å². The van der Waals surface area contributed by atoms with Gasteiger partial charge in [-0.3, -0.25) is 0 Å². The lowest BCUT2D eigenvalue weighted by molar-refractivity contribution is 0.301. The summed E-state index contributed by atoms with van der Waals surface area (Å²) in [5.74, 6) is 0.970. The summed E-state index contributed by atoms with van der Waals surface area (Å²) >= 11 is 0. The summed E-state index contributed by atoms with van der Waals surface area (Å²) in [7, 11) is -0.0815. The standard InChI is InChI=1S/C35H34OP2/c1-27-16-15-25-33(38(29-19-9-5-10-20-29)30-21-11-6-12-22-30)34(27)37-35(2,3)31-23-13-14-24-32(31)36-26-28-17-7-4-8-18-28/h4-25,37H,26H2,1-3H3. The van der Waals surface area contributed by atoms with Crippen LogP contribution in [-0.4, -0.2) is 0 Å². The molecule has 0 aliphatic rings. The van der Waals surface area contributed by atoms with Crippen molar-refractivity contribution >= 4 is 37.7 Å². The summed E-state index contributed by atoms with van der Waals surface area (Å²) in [6.07, 6.45) is 0. The molecular formula is C35H34OP2. The molecule has 5 aromatic carbocycles. The quantitative estimate of drug-likeness (QED) is 0.178. The minimum absolute atomic E-state index is 0.0947. The summed E-state index contributed by atoms with van der Waals surface area (Å²) in [5.41, 5.74) is 3.79. The van der Waals surface area contributed by atoms with Crippen LogP contribution in [0.25, 0.3) is 0 Å². The van der Waals surface area contributed by atoms with Gasteiger partial charge in [-0.05, 0) is 53.3 Å². The maximum atomic E-state index is 6.40. The summed E-state index contributed by atoms with van der Waals surface area (Å²) in [5, 5.41) is 5.59. The van der Waals surface area contributed by atoms with Crippen LogP contribution in [0.4, 0.5) is 0 Å². The number of ether oxygens (including phenoxy) is 1. The van der Waals surface area contributed by atoms with Crippen LogP contribution in [0, 0.1) is 6.92 Å². The van der Waals surface area contributed by atoms with Crippen LogP contribution in [0.2, 0.25) is 0 Å². The predicted octanol–water partition coefficient (Wildman–Crippen LogP) is 7.57. The van der Waals surface area contributed by atoms with Gasteiger partial charge < -0.3 is 4.74 Å². The average molecular weight is 533 g/mol. The van der Waals surface area contributed by atoms with Gasteiger partial charge >= 0.3 is 0 Å². The highest BCUT2D eigenvalue weighted by Crippen LogP contribution is 2.46. The lowest BCUT2D eigenvalue weighted by Gasteiger charge is -2.31. The molecule has 0 saturated heterocycles. The first-order chi connectivity index (χ1) is 18.5. The van der Waals surface area contributed by atoms with Crippen LogP contribution in [0.1, 0.15) is 30.5 Å². The Balaban J connectivity index is 1.53. The van der Waals surface area contributed by atoms with Crippen LogP contribution in [0.15, 0.2) is 133 Å². The van der Waals surface area contributed by atoms with Gasteiger partial charge in [0.15, 0.2) is 0 Å². The molecule has 0 heterocycles. The predicted molar refractivity (Wildman–Crippen MR) is 168 cm³/mol. The fourth-order valence-corrected chi connectivity index (χ4v) is 9.20. The Morgan fingerprint density at radius 3 is 1.82 bits per heavy atom. The molecule has 0 aromatic heterocycles. The third kappa shape index (κ3) is 6.07. The first-order valence-electron chi connectivity index (χ1n) is 13.1. The summed E-state index contributed by atoms with van der Waals surface area (Å²) in [6, 6.07) is 47.8. The SMILES string of the molecule is Cc1cccc(P(c2ccccc2)c2ccccc2)c1PC(C)(C)c1ccccc1OCc1ccccc1. The van der Waals surface area contributed by atoms with Gasteiger partial charge in [0.05, 0.1) is 0 Å². The number of para-hydroxylation sites is 1. The normalized spacial score (nSPS) is 11.8. The molecule has 3 heteroatoms. The Morgan fingerprint density at radius 2 is 1.18 bits per heavy atom. The molecule has 0 saturated carbocycles. The molecule has 0 bridgehead atoms. The maximum absolute atomic E-state index is 6.40. The largest absolute Gasteiger partial charge is 0.489 e. The van der Waals surface area contributed by atoms with Crippen LogP contribution in [0.5, 0.6) is 5.75 Å². The van der Waals surface area contributed by atoms with Gasteiger partial charge in [0.2, 0.25) is 0 Å². The fraction of sp³-hybridized carbons (Fsp3) is 0.143. The molecule has 190 valence electrons. The molecule has 5 aromatic rings. The number of aryl methyl sites for hydroxylation is 1. The number of rotatable bonds is 9. The summed E-state index contributed by atoms with van der Waals surface area (Å²) in [6.45, 7) is 7.56. The highest BCUT2D eigenvalue weighted by Gasteiger charge is 2.29. The van der Waals surface area contributed by atoms with E-state index in [1.807, 2.05) is 6.07 Å². The third-order valence-corrected chi connectivity index (χ3v) is 11.3. The lowest BCUT2D eigenvalue weighted by Crippen LogP contribution is -2.32. The van der Waals surface area contributed by atoms with Gasteiger partial charge in [-0.25, -0.2) is 0 Å². The minimum atomic E-state index is -0.674. The van der Waals surface area contributed by atoms with Crippen molar-refractivity contribution < 1.29 is 4.74 Å². The van der Waals surface area contributed by atoms with E-state index in [9.17, 15) is 0 Å². The monoisotopic (exact) mass is 532 g/mol. The smallest absolute Gasteiger partial charge is 0.123 e. The molecule has 0 aliphatic heterocycles. The minimum Gasteiger partial charge on any atom is -0.489 e. The molecule has 0 aliphatic carbocycles. The fourth-order valence-electron chi connectivity index (χ4n) is 4.81. The Hall–Kier alpha value is -3.24. The van der Waals surface area contributed by atoms with Gasteiger partial charge in [-0.15, -0.1) is 0 Å². The van der Waals surface area contributed by atoms with Crippen molar-refractivity contribution in [2.24, 2.45) is 0 Å². The Bertz CT molecular complexity index is 1420. The molecule has 38 heavy (non-hydrogen) atoms. The van der Waals surface area contributed by atoms with Gasteiger partial charge in [0.1, 0.15) is 12.4 Å². The molecular weight excluding hydrogens is 498 g/mol. The second kappa shape index (κ2) is 12.1. The van der Waals surface area contributed by atoms with E-state index in [0.717, 1.165) is 5.75 Å². The maximum Gasteiger partial charge on any atom is 0.123 e. The van der Waals surface area contributed by atoms with E-state index in [1.54, 1.807) is 0 Å². The molecule has 1 unspecified atom stereocenters. The summed E-state index contributed by atoms with van der Waals surface area (Å²) in [4.78, 5) is 0. The van der Waals surface area contributed by atoms with E-state index in [4.69, 9.17) is 4.74 Å². The molecule has 5 rings (SSSR count). The molecule has 0 N–H and O–H groups in total. The van der Waals surface area contributed by atoms with Gasteiger partial charge in [0, 0.05) is 10.7 Å². The zero-order valence-electron chi connectivity index (χ0n) is 22.3. The summed E-state index contributed by atoms with van der Waals surface area (Å²) < 4.78 is 6.40. The number of benzene rings is 5. The lowest BCUT2D eigenvalue weighted by atomic mass is 10.0. The Morgan fingerprint density at radius 1 is 0.632 bits per heavy atom. The highest BCUT2D eigenvalue weighted by atomic mass is 31.1. The van der Waals surface area contributed by atoms with E-state index in [2.05, 4.69) is 148 Å². The second-order valence-electron chi connectivity index (χ2n) is 10.00. The third-order valence-electron chi connectivity index (χ3n) is 6.76. The molecule has 0 amide bonds. The van der Waals surface area contributed by atoms with E-state index >= 15 is 0 Å². The first kappa shape index (κ1) is 26.4. The molecule has 1 nitrogen and oxygen atoms in total. The zero-order chi connectivity index (χ0) is 26.4. The van der Waals surface area contributed by atoms with Crippen molar-refractivity contribution in [3.63, 3.8) is 0 Å². The van der Waals surface area contributed by atoms with Crippen molar-refractivity contribution in [3.8, 4) is 5.75 Å². The molecule has 0 radical (unpaired) electrons. The molecule has 0 fully saturated rings. The van der Waals surface area contributed by atoms with E-state index in [1.165, 1.54) is 37.9 Å². The van der Waals surface area contributed by atoms with Gasteiger partial charge in [-0.1, -0.05) is 150 Å². The van der Waals surface area contributed by atoms with Crippen molar-refractivity contribution in [2.45, 2.75) is 32.5 Å². The van der Waals surface area contributed by atoms with Crippen LogP contribution >= 0.6 is 16.5 Å². The van der Waals surface area contributed by atoms with Crippen molar-refractivity contribution in [3.05, 3.63) is 150 Å². The van der Waals surface area contributed by atoms with Crippen molar-refractivity contribution in [1.29, 1.82) is 0 Å². The second-order valence-corrected chi connectivity index (χ2v) is 14.2. The van der Waals surface area contributed by atoms with E-state index in [0.29, 0.717) is 15.2 Å². The van der Waals surface area contributed by atoms with Crippen molar-refractivity contribution in [1.82, 2.24) is 0 Å². The van der Waals surface area contributed by atoms with Gasteiger partial charge in [0.25, 0.3) is 0 Å². The zero-order valence-corrected chi connectivity index (χ0v) is 24.2. The average Bonchev–Trinajstić information content (AvgIpc) is 2.96. The highest BCUT2D eigenvalue weighted by molar-refractivity contribution is 7.81. The van der Waals surface area contributed by atoms with Gasteiger partial charge in [-0.2, -0.15) is 0 Å². The van der Waals surface area contributed by atoms with Crippen LogP contribution in [0.3, 0.4) is 0 Å². The first-order valence-corrected chi connectivity index (χ1v) is 15.4. The van der Waals surface area contributed by atoms with Crippen molar-refractivity contribution in [2.75, 3.05) is 0 Å². The van der Waals surface area contributed by atoms with E-state index < -0.39 is 7.92 Å². The van der Waals surface area contributed by atoms with Crippen LogP contribution < -0.4 is 26.0 Å². The molecule has 0 spiro atoms. The number of hydrogen-bond acceptors (Lipinski definition) is 1. The molecule has 1 atom stereocenters. The Kier molecular flexibility index (Phi) is 8.38. The topological polar surface area (TPSA) is 9.23 Å². The number of hydrogen-bond donors (Lipinski definition) is 0. The van der Waals surface area contributed by atoms with E-state index in [-0.39, 0.29) is 5.16 Å². The van der Waals surface area contributed by atoms with Crippen LogP contribution in [-0.2, 0) is 11.8 Å².